The molecule has 1 heterocycles. The van der Waals surface area contributed by atoms with Gasteiger partial charge < -0.3 is 15.6 Å². The molecule has 114 valence electrons. The SMILES string of the molecule is C[C@]1(c2cc([N+](=O)[O-])c(O)cc2F)N=C(N)OCC1(F)F. The fraction of sp³-hybridized carbons (Fsp3) is 0.364. The van der Waals surface area contributed by atoms with Crippen LogP contribution in [0.1, 0.15) is 12.5 Å². The number of nitrogens with two attached hydrogens (primary N) is 1. The molecule has 0 unspecified atom stereocenters. The molecular weight excluding hydrogens is 295 g/mol. The number of ether oxygens (including phenoxy) is 1. The molecule has 1 aromatic rings. The topological polar surface area (TPSA) is 111 Å². The fourth-order valence-electron chi connectivity index (χ4n) is 1.97. The molecule has 21 heavy (non-hydrogen) atoms. The molecule has 0 spiro atoms. The van der Waals surface area contributed by atoms with E-state index in [-0.39, 0.29) is 0 Å². The van der Waals surface area contributed by atoms with Crippen LogP contribution >= 0.6 is 0 Å². The van der Waals surface area contributed by atoms with E-state index in [0.717, 1.165) is 6.92 Å². The number of amidine groups is 1. The number of phenolic OH excluding ortho intramolecular Hbond substituents is 1. The summed E-state index contributed by atoms with van der Waals surface area (Å²) in [6.07, 6.45) is 0. The van der Waals surface area contributed by atoms with E-state index in [1.54, 1.807) is 0 Å². The minimum atomic E-state index is -3.65. The summed E-state index contributed by atoms with van der Waals surface area (Å²) in [6, 6.07) is 0.315. The Labute approximate surface area is 116 Å². The van der Waals surface area contributed by atoms with E-state index >= 15 is 0 Å². The van der Waals surface area contributed by atoms with Crippen molar-refractivity contribution in [2.24, 2.45) is 10.7 Å². The molecule has 3 N–H and O–H groups in total. The van der Waals surface area contributed by atoms with Gasteiger partial charge in [0.15, 0.2) is 17.9 Å². The van der Waals surface area contributed by atoms with Crippen molar-refractivity contribution in [2.45, 2.75) is 18.4 Å². The molecule has 0 amide bonds. The summed E-state index contributed by atoms with van der Waals surface area (Å²) in [5.41, 5.74) is 1.07. The number of nitro benzene ring substituents is 1. The van der Waals surface area contributed by atoms with Crippen LogP contribution in [0.25, 0.3) is 0 Å². The Balaban J connectivity index is 2.72. The van der Waals surface area contributed by atoms with E-state index in [0.29, 0.717) is 12.1 Å². The predicted octanol–water partition coefficient (Wildman–Crippen LogP) is 1.63. The summed E-state index contributed by atoms with van der Waals surface area (Å²) in [4.78, 5) is 13.1. The highest BCUT2D eigenvalue weighted by Gasteiger charge is 2.56. The second kappa shape index (κ2) is 4.50. The lowest BCUT2D eigenvalue weighted by atomic mass is 9.85. The number of nitro groups is 1. The Morgan fingerprint density at radius 2 is 2.14 bits per heavy atom. The molecule has 10 heteroatoms. The van der Waals surface area contributed by atoms with E-state index in [2.05, 4.69) is 9.73 Å². The molecule has 1 aliphatic rings. The van der Waals surface area contributed by atoms with Crippen LogP contribution in [0.4, 0.5) is 18.9 Å². The summed E-state index contributed by atoms with van der Waals surface area (Å²) >= 11 is 0. The summed E-state index contributed by atoms with van der Waals surface area (Å²) in [6.45, 7) is -0.269. The summed E-state index contributed by atoms with van der Waals surface area (Å²) < 4.78 is 46.4. The second-order valence-corrected chi connectivity index (χ2v) is 4.59. The highest BCUT2D eigenvalue weighted by Crippen LogP contribution is 2.46. The van der Waals surface area contributed by atoms with Gasteiger partial charge in [-0.3, -0.25) is 10.1 Å². The zero-order valence-corrected chi connectivity index (χ0v) is 10.6. The standard InChI is InChI=1S/C11H10F3N3O4/c1-10(11(13,14)4-21-9(15)16-10)5-2-7(17(19)20)8(18)3-6(5)12/h2-3,18H,4H2,1H3,(H2,15,16)/t10-/m1/s1. The van der Waals surface area contributed by atoms with E-state index in [9.17, 15) is 28.4 Å². The first-order valence-electron chi connectivity index (χ1n) is 5.62. The summed E-state index contributed by atoms with van der Waals surface area (Å²) in [5.74, 6) is -5.89. The lowest BCUT2D eigenvalue weighted by molar-refractivity contribution is -0.386. The van der Waals surface area contributed by atoms with Crippen molar-refractivity contribution in [1.29, 1.82) is 0 Å². The minimum Gasteiger partial charge on any atom is -0.502 e. The van der Waals surface area contributed by atoms with Gasteiger partial charge in [0.2, 0.25) is 0 Å². The molecule has 0 bridgehead atoms. The molecule has 0 saturated carbocycles. The van der Waals surface area contributed by atoms with Gasteiger partial charge in [-0.15, -0.1) is 0 Å². The number of aliphatic imine (C=N–C) groups is 1. The van der Waals surface area contributed by atoms with Gasteiger partial charge in [-0.05, 0) is 6.92 Å². The van der Waals surface area contributed by atoms with Crippen molar-refractivity contribution in [1.82, 2.24) is 0 Å². The van der Waals surface area contributed by atoms with Crippen LogP contribution in [0.15, 0.2) is 17.1 Å². The number of benzene rings is 1. The average molecular weight is 305 g/mol. The molecule has 0 aliphatic carbocycles. The predicted molar refractivity (Wildman–Crippen MR) is 64.6 cm³/mol. The second-order valence-electron chi connectivity index (χ2n) is 4.59. The van der Waals surface area contributed by atoms with Crippen LogP contribution in [0, 0.1) is 15.9 Å². The Morgan fingerprint density at radius 1 is 1.52 bits per heavy atom. The molecule has 0 fully saturated rings. The monoisotopic (exact) mass is 305 g/mol. The number of halogens is 3. The van der Waals surface area contributed by atoms with Gasteiger partial charge in [-0.25, -0.2) is 9.38 Å². The number of nitrogens with zero attached hydrogens (tertiary/aromatic N) is 2. The molecular formula is C11H10F3N3O4. The van der Waals surface area contributed by atoms with Crippen LogP contribution in [-0.4, -0.2) is 28.6 Å². The average Bonchev–Trinajstić information content (AvgIpc) is 2.34. The maximum atomic E-state index is 14.0. The third kappa shape index (κ3) is 2.22. The molecule has 0 saturated heterocycles. The van der Waals surface area contributed by atoms with E-state index in [4.69, 9.17) is 5.73 Å². The number of aromatic hydroxyl groups is 1. The number of alkyl halides is 2. The quantitative estimate of drug-likeness (QED) is 0.637. The maximum Gasteiger partial charge on any atom is 0.311 e. The van der Waals surface area contributed by atoms with Crippen molar-refractivity contribution >= 4 is 11.7 Å². The molecule has 1 aliphatic heterocycles. The Hall–Kier alpha value is -2.52. The van der Waals surface area contributed by atoms with Crippen LogP contribution in [0.5, 0.6) is 5.75 Å². The van der Waals surface area contributed by atoms with Gasteiger partial charge in [0.05, 0.1) is 4.92 Å². The first-order chi connectivity index (χ1) is 9.58. The third-order valence-corrected chi connectivity index (χ3v) is 3.23. The van der Waals surface area contributed by atoms with E-state index in [1.165, 1.54) is 0 Å². The molecule has 7 nitrogen and oxygen atoms in total. The number of rotatable bonds is 2. The highest BCUT2D eigenvalue weighted by molar-refractivity contribution is 5.73. The molecule has 0 aromatic heterocycles. The van der Waals surface area contributed by atoms with Crippen molar-refractivity contribution in [3.8, 4) is 5.75 Å². The van der Waals surface area contributed by atoms with Gasteiger partial charge in [0.1, 0.15) is 5.82 Å². The van der Waals surface area contributed by atoms with Crippen molar-refractivity contribution in [2.75, 3.05) is 6.61 Å². The molecule has 0 radical (unpaired) electrons. The van der Waals surface area contributed by atoms with Crippen molar-refractivity contribution in [3.05, 3.63) is 33.6 Å². The van der Waals surface area contributed by atoms with Crippen LogP contribution in [0.2, 0.25) is 0 Å². The Morgan fingerprint density at radius 3 is 2.71 bits per heavy atom. The van der Waals surface area contributed by atoms with Crippen molar-refractivity contribution in [3.63, 3.8) is 0 Å². The highest BCUT2D eigenvalue weighted by atomic mass is 19.3. The summed E-state index contributed by atoms with van der Waals surface area (Å²) in [7, 11) is 0. The number of phenols is 1. The van der Waals surface area contributed by atoms with Crippen LogP contribution in [-0.2, 0) is 10.3 Å². The fourth-order valence-corrected chi connectivity index (χ4v) is 1.97. The Kier molecular flexibility index (Phi) is 3.19. The lowest BCUT2D eigenvalue weighted by Crippen LogP contribution is -2.51. The van der Waals surface area contributed by atoms with Crippen molar-refractivity contribution < 1.29 is 27.9 Å². The number of hydrogen-bond acceptors (Lipinski definition) is 6. The van der Waals surface area contributed by atoms with Crippen LogP contribution < -0.4 is 5.73 Å². The lowest BCUT2D eigenvalue weighted by Gasteiger charge is -2.37. The molecule has 1 aromatic carbocycles. The number of hydrogen-bond donors (Lipinski definition) is 2. The van der Waals surface area contributed by atoms with Crippen LogP contribution in [0.3, 0.4) is 0 Å². The van der Waals surface area contributed by atoms with Gasteiger partial charge in [0, 0.05) is 17.7 Å². The van der Waals surface area contributed by atoms with Gasteiger partial charge >= 0.3 is 11.6 Å². The normalized spacial score (nSPS) is 24.1. The van der Waals surface area contributed by atoms with E-state index < -0.39 is 51.8 Å². The zero-order chi connectivity index (χ0) is 16.0. The largest absolute Gasteiger partial charge is 0.502 e. The Bertz CT molecular complexity index is 650. The van der Waals surface area contributed by atoms with E-state index in [1.807, 2.05) is 0 Å². The molecule has 2 rings (SSSR count). The van der Waals surface area contributed by atoms with Gasteiger partial charge in [0.25, 0.3) is 6.02 Å². The summed E-state index contributed by atoms with van der Waals surface area (Å²) in [5, 5.41) is 20.0. The first kappa shape index (κ1) is 14.9. The zero-order valence-electron chi connectivity index (χ0n) is 10.6. The van der Waals surface area contributed by atoms with Gasteiger partial charge in [-0.2, -0.15) is 8.78 Å². The third-order valence-electron chi connectivity index (χ3n) is 3.23. The maximum absolute atomic E-state index is 14.0. The minimum absolute atomic E-state index is 0.385. The first-order valence-corrected chi connectivity index (χ1v) is 5.62. The smallest absolute Gasteiger partial charge is 0.311 e. The molecule has 1 atom stereocenters. The van der Waals surface area contributed by atoms with Gasteiger partial charge in [-0.1, -0.05) is 0 Å².